The molecule has 2 aliphatic heterocycles. The second-order valence-corrected chi connectivity index (χ2v) is 12.4. The van der Waals surface area contributed by atoms with Crippen molar-refractivity contribution in [3.05, 3.63) is 131 Å². The first-order valence-electron chi connectivity index (χ1n) is 15.8. The Labute approximate surface area is 284 Å². The molecular formula is C38H36ClN3O6. The van der Waals surface area contributed by atoms with Crippen LogP contribution in [-0.2, 0) is 33.1 Å². The molecule has 246 valence electrons. The van der Waals surface area contributed by atoms with E-state index in [1.165, 1.54) is 4.90 Å². The Bertz CT molecular complexity index is 1860. The van der Waals surface area contributed by atoms with E-state index in [0.717, 1.165) is 11.1 Å². The summed E-state index contributed by atoms with van der Waals surface area (Å²) in [5, 5.41) is 22.0. The smallest absolute Gasteiger partial charge is 0.269 e. The highest BCUT2D eigenvalue weighted by molar-refractivity contribution is 6.31. The van der Waals surface area contributed by atoms with Crippen molar-refractivity contribution in [3.63, 3.8) is 0 Å². The van der Waals surface area contributed by atoms with Gasteiger partial charge in [0, 0.05) is 41.7 Å². The van der Waals surface area contributed by atoms with Crippen LogP contribution >= 0.6 is 11.6 Å². The highest BCUT2D eigenvalue weighted by atomic mass is 35.5. The Balaban J connectivity index is 1.22. The number of ether oxygens (including phenoxy) is 1. The first kappa shape index (κ1) is 33.0. The molecule has 0 radical (unpaired) electrons. The van der Waals surface area contributed by atoms with Gasteiger partial charge < -0.3 is 24.7 Å². The van der Waals surface area contributed by atoms with Crippen LogP contribution in [0.4, 0.5) is 17.1 Å². The number of nitrogens with zero attached hydrogens (tertiary/aromatic N) is 3. The van der Waals surface area contributed by atoms with E-state index in [-0.39, 0.29) is 44.5 Å². The van der Waals surface area contributed by atoms with Crippen LogP contribution in [0.3, 0.4) is 0 Å². The SMILES string of the molecule is C[C@@H](/C=C/CC(=O)N(CCO)Cc1ccccc1)[C@]1(O)C(=O)N(Cc2cccc(N3C(=O)COc4ccccc43)c2)c2ccc(Cl)cc21. The maximum Gasteiger partial charge on any atom is 0.269 e. The van der Waals surface area contributed by atoms with E-state index in [4.69, 9.17) is 16.3 Å². The predicted octanol–water partition coefficient (Wildman–Crippen LogP) is 5.74. The number of aliphatic hydroxyl groups excluding tert-OH is 1. The summed E-state index contributed by atoms with van der Waals surface area (Å²) in [5.41, 5.74) is 1.93. The second kappa shape index (κ2) is 14.0. The molecule has 0 spiro atoms. The monoisotopic (exact) mass is 665 g/mol. The molecule has 48 heavy (non-hydrogen) atoms. The van der Waals surface area contributed by atoms with Crippen molar-refractivity contribution in [3.8, 4) is 5.75 Å². The number of carbonyl (C=O) groups excluding carboxylic acids is 3. The van der Waals surface area contributed by atoms with Crippen LogP contribution in [0.15, 0.2) is 109 Å². The van der Waals surface area contributed by atoms with Crippen LogP contribution in [-0.4, -0.2) is 52.6 Å². The molecule has 0 fully saturated rings. The molecule has 0 unspecified atom stereocenters. The third kappa shape index (κ3) is 6.44. The number of hydrogen-bond donors (Lipinski definition) is 2. The summed E-state index contributed by atoms with van der Waals surface area (Å²) in [4.78, 5) is 44.9. The molecule has 2 aliphatic rings. The molecule has 9 nitrogen and oxygen atoms in total. The number of anilines is 3. The number of hydrogen-bond acceptors (Lipinski definition) is 6. The topological polar surface area (TPSA) is 111 Å². The van der Waals surface area contributed by atoms with Crippen molar-refractivity contribution in [2.75, 3.05) is 29.6 Å². The first-order valence-corrected chi connectivity index (χ1v) is 16.2. The molecule has 0 bridgehead atoms. The average molecular weight is 666 g/mol. The van der Waals surface area contributed by atoms with Gasteiger partial charge in [-0.05, 0) is 53.6 Å². The van der Waals surface area contributed by atoms with E-state index in [0.29, 0.717) is 39.9 Å². The van der Waals surface area contributed by atoms with Crippen LogP contribution < -0.4 is 14.5 Å². The highest BCUT2D eigenvalue weighted by Gasteiger charge is 2.52. The molecule has 2 atom stereocenters. The summed E-state index contributed by atoms with van der Waals surface area (Å²) in [6.45, 7) is 2.16. The Morgan fingerprint density at radius 2 is 1.73 bits per heavy atom. The van der Waals surface area contributed by atoms with Gasteiger partial charge in [-0.15, -0.1) is 0 Å². The molecular weight excluding hydrogens is 630 g/mol. The second-order valence-electron chi connectivity index (χ2n) is 11.9. The molecule has 0 saturated heterocycles. The van der Waals surface area contributed by atoms with Crippen molar-refractivity contribution in [2.24, 2.45) is 5.92 Å². The largest absolute Gasteiger partial charge is 0.482 e. The summed E-state index contributed by atoms with van der Waals surface area (Å²) in [5.74, 6) is -1.03. The predicted molar refractivity (Wildman–Crippen MR) is 184 cm³/mol. The minimum Gasteiger partial charge on any atom is -0.482 e. The third-order valence-corrected chi connectivity index (χ3v) is 9.00. The molecule has 0 aliphatic carbocycles. The van der Waals surface area contributed by atoms with E-state index in [2.05, 4.69) is 0 Å². The van der Waals surface area contributed by atoms with Crippen molar-refractivity contribution in [1.29, 1.82) is 0 Å². The van der Waals surface area contributed by atoms with Crippen molar-refractivity contribution >= 4 is 46.4 Å². The van der Waals surface area contributed by atoms with E-state index in [1.54, 1.807) is 47.1 Å². The fourth-order valence-corrected chi connectivity index (χ4v) is 6.47. The van der Waals surface area contributed by atoms with Crippen LogP contribution in [0.2, 0.25) is 5.02 Å². The summed E-state index contributed by atoms with van der Waals surface area (Å²) < 4.78 is 5.60. The van der Waals surface area contributed by atoms with E-state index in [1.807, 2.05) is 78.9 Å². The minimum absolute atomic E-state index is 0.0315. The number of carbonyl (C=O) groups is 3. The number of benzene rings is 4. The fourth-order valence-electron chi connectivity index (χ4n) is 6.30. The van der Waals surface area contributed by atoms with Gasteiger partial charge in [0.1, 0.15) is 5.75 Å². The quantitative estimate of drug-likeness (QED) is 0.198. The fraction of sp³-hybridized carbons (Fsp3) is 0.237. The van der Waals surface area contributed by atoms with Crippen molar-refractivity contribution < 1.29 is 29.3 Å². The van der Waals surface area contributed by atoms with Gasteiger partial charge in [-0.2, -0.15) is 0 Å². The maximum absolute atomic E-state index is 14.2. The van der Waals surface area contributed by atoms with Gasteiger partial charge in [0.2, 0.25) is 5.91 Å². The van der Waals surface area contributed by atoms with Gasteiger partial charge in [0.25, 0.3) is 11.8 Å². The zero-order valence-electron chi connectivity index (χ0n) is 26.5. The van der Waals surface area contributed by atoms with Crippen molar-refractivity contribution in [1.82, 2.24) is 4.90 Å². The van der Waals surface area contributed by atoms with Gasteiger partial charge in [0.05, 0.1) is 24.5 Å². The Kier molecular flexibility index (Phi) is 9.63. The molecule has 0 aromatic heterocycles. The van der Waals surface area contributed by atoms with Crippen LogP contribution in [0.1, 0.15) is 30.0 Å². The number of fused-ring (bicyclic) bond motifs is 2. The number of rotatable bonds is 11. The first-order chi connectivity index (χ1) is 23.2. The molecule has 0 saturated carbocycles. The van der Waals surface area contributed by atoms with Gasteiger partial charge >= 0.3 is 0 Å². The Morgan fingerprint density at radius 3 is 2.52 bits per heavy atom. The summed E-state index contributed by atoms with van der Waals surface area (Å²) in [6, 6.07) is 29.2. The van der Waals surface area contributed by atoms with E-state index >= 15 is 0 Å². The molecule has 3 amide bonds. The standard InChI is InChI=1S/C38H36ClN3O6/c1-26(9-7-16-35(44)40(19-20-43)23-27-10-3-2-4-11-27)38(47)31-22-29(39)17-18-32(31)41(37(38)46)24-28-12-8-13-30(21-28)42-33-14-5-6-15-34(33)48-25-36(42)45/h2-15,17-18,21-22,26,43,47H,16,19-20,23-25H2,1H3/b9-7+/t26-,38+/m0/s1. The average Bonchev–Trinajstić information content (AvgIpc) is 3.30. The van der Waals surface area contributed by atoms with Crippen molar-refractivity contribution in [2.45, 2.75) is 32.0 Å². The summed E-state index contributed by atoms with van der Waals surface area (Å²) in [6.07, 6.45) is 3.36. The lowest BCUT2D eigenvalue weighted by Crippen LogP contribution is -2.44. The lowest BCUT2D eigenvalue weighted by molar-refractivity contribution is -0.139. The number of amides is 3. The molecule has 4 aromatic rings. The number of aliphatic hydroxyl groups is 2. The van der Waals surface area contributed by atoms with Gasteiger partial charge in [-0.1, -0.05) is 85.3 Å². The van der Waals surface area contributed by atoms with Crippen LogP contribution in [0.25, 0.3) is 0 Å². The molecule has 2 N–H and O–H groups in total. The summed E-state index contributed by atoms with van der Waals surface area (Å²) in [7, 11) is 0. The van der Waals surface area contributed by atoms with Gasteiger partial charge in [-0.25, -0.2) is 0 Å². The van der Waals surface area contributed by atoms with Crippen LogP contribution in [0, 0.1) is 5.92 Å². The number of para-hydroxylation sites is 2. The van der Waals surface area contributed by atoms with Gasteiger partial charge in [-0.3, -0.25) is 19.3 Å². The van der Waals surface area contributed by atoms with E-state index < -0.39 is 17.4 Å². The van der Waals surface area contributed by atoms with E-state index in [9.17, 15) is 24.6 Å². The zero-order valence-corrected chi connectivity index (χ0v) is 27.2. The highest BCUT2D eigenvalue weighted by Crippen LogP contribution is 2.47. The molecule has 2 heterocycles. The third-order valence-electron chi connectivity index (χ3n) is 8.76. The lowest BCUT2D eigenvalue weighted by atomic mass is 9.83. The Hall–Kier alpha value is -4.96. The maximum atomic E-state index is 14.2. The molecule has 4 aromatic carbocycles. The normalized spacial score (nSPS) is 17.7. The lowest BCUT2D eigenvalue weighted by Gasteiger charge is -2.30. The van der Waals surface area contributed by atoms with Crippen LogP contribution in [0.5, 0.6) is 5.75 Å². The minimum atomic E-state index is -1.94. The summed E-state index contributed by atoms with van der Waals surface area (Å²) >= 11 is 6.37. The number of halogens is 1. The molecule has 6 rings (SSSR count). The van der Waals surface area contributed by atoms with Gasteiger partial charge in [0.15, 0.2) is 12.2 Å². The Morgan fingerprint density at radius 1 is 0.979 bits per heavy atom. The zero-order chi connectivity index (χ0) is 33.8. The molecule has 10 heteroatoms.